The predicted octanol–water partition coefficient (Wildman–Crippen LogP) is 1.06. The summed E-state index contributed by atoms with van der Waals surface area (Å²) in [4.78, 5) is 13.1. The summed E-state index contributed by atoms with van der Waals surface area (Å²) < 4.78 is 23.5. The van der Waals surface area contributed by atoms with Crippen LogP contribution >= 0.6 is 0 Å². The number of ether oxygens (including phenoxy) is 2. The van der Waals surface area contributed by atoms with Crippen LogP contribution in [-0.2, 0) is 9.53 Å². The maximum Gasteiger partial charge on any atom is 0.314 e. The van der Waals surface area contributed by atoms with E-state index in [2.05, 4.69) is 0 Å². The number of carbonyl (C=O) groups is 1. The Bertz CT molecular complexity index is 449. The van der Waals surface area contributed by atoms with Crippen LogP contribution in [-0.4, -0.2) is 38.8 Å². The molecule has 0 spiro atoms. The Morgan fingerprint density at radius 3 is 2.86 bits per heavy atom. The molecule has 0 bridgehead atoms. The molecular formula is C16H23FNO3+. The fourth-order valence-electron chi connectivity index (χ4n) is 2.68. The van der Waals surface area contributed by atoms with Crippen molar-refractivity contribution in [1.82, 2.24) is 0 Å². The van der Waals surface area contributed by atoms with Crippen molar-refractivity contribution in [2.45, 2.75) is 19.8 Å². The molecule has 1 aliphatic rings. The van der Waals surface area contributed by atoms with Crippen LogP contribution in [0.1, 0.15) is 19.8 Å². The first-order valence-corrected chi connectivity index (χ1v) is 7.57. The fourth-order valence-corrected chi connectivity index (χ4v) is 2.68. The minimum atomic E-state index is -0.263. The third kappa shape index (κ3) is 5.01. The van der Waals surface area contributed by atoms with Gasteiger partial charge in [-0.2, -0.15) is 0 Å². The van der Waals surface area contributed by atoms with Crippen molar-refractivity contribution >= 4 is 5.97 Å². The first-order valence-electron chi connectivity index (χ1n) is 7.57. The zero-order valence-corrected chi connectivity index (χ0v) is 12.4. The quantitative estimate of drug-likeness (QED) is 0.798. The molecule has 1 saturated heterocycles. The van der Waals surface area contributed by atoms with Crippen molar-refractivity contribution in [2.24, 2.45) is 5.92 Å². The van der Waals surface area contributed by atoms with Crippen LogP contribution in [0.2, 0.25) is 0 Å². The van der Waals surface area contributed by atoms with Gasteiger partial charge in [0.2, 0.25) is 0 Å². The molecule has 116 valence electrons. The van der Waals surface area contributed by atoms with Crippen LogP contribution in [0.25, 0.3) is 0 Å². The van der Waals surface area contributed by atoms with E-state index < -0.39 is 0 Å². The standard InChI is InChI=1S/C16H22FNO3/c1-2-20-16(19)13-4-3-9-18(12-13)10-11-21-15-7-5-14(17)6-8-15/h5-8,13H,2-4,9-12H2,1H3/p+1/t13-/m1/s1. The van der Waals surface area contributed by atoms with Gasteiger partial charge in [0.1, 0.15) is 30.6 Å². The Labute approximate surface area is 124 Å². The molecule has 0 radical (unpaired) electrons. The zero-order valence-electron chi connectivity index (χ0n) is 12.4. The van der Waals surface area contributed by atoms with Gasteiger partial charge in [0.15, 0.2) is 0 Å². The number of likely N-dealkylation sites (tertiary alicyclic amines) is 1. The van der Waals surface area contributed by atoms with E-state index in [4.69, 9.17) is 9.47 Å². The molecule has 1 fully saturated rings. The molecule has 0 aliphatic carbocycles. The Morgan fingerprint density at radius 1 is 1.38 bits per heavy atom. The van der Waals surface area contributed by atoms with Gasteiger partial charge < -0.3 is 14.4 Å². The summed E-state index contributed by atoms with van der Waals surface area (Å²) in [6.07, 6.45) is 1.95. The first kappa shape index (κ1) is 15.8. The van der Waals surface area contributed by atoms with Crippen LogP contribution in [0.4, 0.5) is 4.39 Å². The van der Waals surface area contributed by atoms with E-state index in [1.807, 2.05) is 6.92 Å². The Kier molecular flexibility index (Phi) is 5.99. The van der Waals surface area contributed by atoms with Crippen LogP contribution < -0.4 is 9.64 Å². The van der Waals surface area contributed by atoms with Crippen LogP contribution in [0.5, 0.6) is 5.75 Å². The summed E-state index contributed by atoms with van der Waals surface area (Å²) in [5.41, 5.74) is 0. The van der Waals surface area contributed by atoms with E-state index in [1.165, 1.54) is 17.0 Å². The van der Waals surface area contributed by atoms with Gasteiger partial charge in [-0.15, -0.1) is 0 Å². The second-order valence-corrected chi connectivity index (χ2v) is 5.35. The predicted molar refractivity (Wildman–Crippen MR) is 76.8 cm³/mol. The molecule has 5 heteroatoms. The topological polar surface area (TPSA) is 40.0 Å². The Morgan fingerprint density at radius 2 is 2.14 bits per heavy atom. The molecular weight excluding hydrogens is 273 g/mol. The molecule has 1 heterocycles. The molecule has 1 unspecified atom stereocenters. The van der Waals surface area contributed by atoms with E-state index in [-0.39, 0.29) is 17.7 Å². The summed E-state index contributed by atoms with van der Waals surface area (Å²) in [6, 6.07) is 6.03. The molecule has 1 aliphatic heterocycles. The summed E-state index contributed by atoms with van der Waals surface area (Å²) in [7, 11) is 0. The first-order chi connectivity index (χ1) is 10.2. The third-order valence-electron chi connectivity index (χ3n) is 3.78. The minimum Gasteiger partial charge on any atom is -0.488 e. The Balaban J connectivity index is 1.72. The van der Waals surface area contributed by atoms with E-state index in [9.17, 15) is 9.18 Å². The summed E-state index contributed by atoms with van der Waals surface area (Å²) in [5, 5.41) is 0. The lowest BCUT2D eigenvalue weighted by atomic mass is 9.98. The van der Waals surface area contributed by atoms with Gasteiger partial charge in [0.25, 0.3) is 0 Å². The average molecular weight is 296 g/mol. The van der Waals surface area contributed by atoms with Crippen LogP contribution in [0.15, 0.2) is 24.3 Å². The zero-order chi connectivity index (χ0) is 15.1. The molecule has 4 nitrogen and oxygen atoms in total. The van der Waals surface area contributed by atoms with Crippen molar-refractivity contribution in [3.63, 3.8) is 0 Å². The van der Waals surface area contributed by atoms with Crippen molar-refractivity contribution in [1.29, 1.82) is 0 Å². The highest BCUT2D eigenvalue weighted by Crippen LogP contribution is 2.11. The minimum absolute atomic E-state index is 0.0134. The van der Waals surface area contributed by atoms with Gasteiger partial charge >= 0.3 is 5.97 Å². The fraction of sp³-hybridized carbons (Fsp3) is 0.562. The normalized spacial score (nSPS) is 21.8. The SMILES string of the molecule is CCOC(=O)[C@@H]1CCC[NH+](CCOc2ccc(F)cc2)C1. The molecule has 1 N–H and O–H groups in total. The number of halogens is 1. The highest BCUT2D eigenvalue weighted by molar-refractivity contribution is 5.72. The maximum absolute atomic E-state index is 12.8. The summed E-state index contributed by atoms with van der Waals surface area (Å²) in [5.74, 6) is 0.352. The molecule has 21 heavy (non-hydrogen) atoms. The number of benzene rings is 1. The van der Waals surface area contributed by atoms with Crippen molar-refractivity contribution in [3.8, 4) is 5.75 Å². The number of carbonyl (C=O) groups excluding carboxylic acids is 1. The molecule has 0 aromatic heterocycles. The maximum atomic E-state index is 12.8. The molecule has 1 aromatic carbocycles. The number of rotatable bonds is 6. The van der Waals surface area contributed by atoms with Gasteiger partial charge in [-0.3, -0.25) is 4.79 Å². The highest BCUT2D eigenvalue weighted by Gasteiger charge is 2.29. The van der Waals surface area contributed by atoms with E-state index >= 15 is 0 Å². The van der Waals surface area contributed by atoms with Crippen LogP contribution in [0, 0.1) is 11.7 Å². The van der Waals surface area contributed by atoms with Gasteiger partial charge in [0.05, 0.1) is 19.7 Å². The molecule has 2 rings (SSSR count). The van der Waals surface area contributed by atoms with Crippen molar-refractivity contribution in [2.75, 3.05) is 32.8 Å². The third-order valence-corrected chi connectivity index (χ3v) is 3.78. The average Bonchev–Trinajstić information content (AvgIpc) is 2.50. The van der Waals surface area contributed by atoms with Gasteiger partial charge in [-0.25, -0.2) is 4.39 Å². The van der Waals surface area contributed by atoms with E-state index in [0.717, 1.165) is 32.5 Å². The highest BCUT2D eigenvalue weighted by atomic mass is 19.1. The molecule has 1 aromatic rings. The van der Waals surface area contributed by atoms with Crippen molar-refractivity contribution < 1.29 is 23.6 Å². The van der Waals surface area contributed by atoms with Gasteiger partial charge in [-0.1, -0.05) is 0 Å². The second kappa shape index (κ2) is 7.98. The smallest absolute Gasteiger partial charge is 0.314 e. The lowest BCUT2D eigenvalue weighted by Crippen LogP contribution is -3.14. The summed E-state index contributed by atoms with van der Waals surface area (Å²) in [6.45, 7) is 5.55. The number of quaternary nitrogens is 1. The Hall–Kier alpha value is -1.62. The molecule has 2 atom stereocenters. The number of esters is 1. The molecule has 0 amide bonds. The van der Waals surface area contributed by atoms with Crippen molar-refractivity contribution in [3.05, 3.63) is 30.1 Å². The van der Waals surface area contributed by atoms with E-state index in [1.54, 1.807) is 12.1 Å². The molecule has 0 saturated carbocycles. The number of hydrogen-bond donors (Lipinski definition) is 1. The number of hydrogen-bond acceptors (Lipinski definition) is 3. The number of nitrogens with one attached hydrogen (secondary N) is 1. The van der Waals surface area contributed by atoms with Crippen LogP contribution in [0.3, 0.4) is 0 Å². The van der Waals surface area contributed by atoms with Gasteiger partial charge in [0, 0.05) is 0 Å². The monoisotopic (exact) mass is 296 g/mol. The second-order valence-electron chi connectivity index (χ2n) is 5.35. The lowest BCUT2D eigenvalue weighted by Gasteiger charge is -2.28. The lowest BCUT2D eigenvalue weighted by molar-refractivity contribution is -0.907. The number of piperidine rings is 1. The summed E-state index contributed by atoms with van der Waals surface area (Å²) >= 11 is 0. The van der Waals surface area contributed by atoms with Gasteiger partial charge in [-0.05, 0) is 44.0 Å². The largest absolute Gasteiger partial charge is 0.488 e. The van der Waals surface area contributed by atoms with E-state index in [0.29, 0.717) is 19.0 Å².